The molecule has 0 aliphatic carbocycles. The minimum absolute atomic E-state index is 0.761. The lowest BCUT2D eigenvalue weighted by Gasteiger charge is -2.26. The fraction of sp³-hybridized carbons (Fsp3) is 0.462. The van der Waals surface area contributed by atoms with E-state index in [1.165, 1.54) is 37.9 Å². The maximum atomic E-state index is 10.5. The SMILES string of the molecule is O=Cc1ccc(CN2CCCCC2)cc1. The van der Waals surface area contributed by atoms with E-state index in [9.17, 15) is 4.79 Å². The number of benzene rings is 1. The van der Waals surface area contributed by atoms with Crippen LogP contribution in [0.4, 0.5) is 0 Å². The van der Waals surface area contributed by atoms with E-state index in [0.717, 1.165) is 18.4 Å². The van der Waals surface area contributed by atoms with Crippen LogP contribution < -0.4 is 0 Å². The zero-order valence-corrected chi connectivity index (χ0v) is 8.98. The highest BCUT2D eigenvalue weighted by Crippen LogP contribution is 2.13. The van der Waals surface area contributed by atoms with Gasteiger partial charge in [0.2, 0.25) is 0 Å². The molecule has 0 atom stereocenters. The van der Waals surface area contributed by atoms with Gasteiger partial charge < -0.3 is 0 Å². The average Bonchev–Trinajstić information content (AvgIpc) is 2.31. The van der Waals surface area contributed by atoms with Gasteiger partial charge in [-0.05, 0) is 31.5 Å². The van der Waals surface area contributed by atoms with Crippen LogP contribution in [-0.2, 0) is 6.54 Å². The van der Waals surface area contributed by atoms with Crippen molar-refractivity contribution in [3.8, 4) is 0 Å². The molecular weight excluding hydrogens is 186 g/mol. The van der Waals surface area contributed by atoms with E-state index in [0.29, 0.717) is 0 Å². The number of carbonyl (C=O) groups excluding carboxylic acids is 1. The number of rotatable bonds is 3. The zero-order valence-electron chi connectivity index (χ0n) is 8.98. The number of aldehydes is 1. The third-order valence-corrected chi connectivity index (χ3v) is 2.97. The van der Waals surface area contributed by atoms with Gasteiger partial charge in [0.15, 0.2) is 0 Å². The first-order valence-electron chi connectivity index (χ1n) is 5.65. The number of likely N-dealkylation sites (tertiary alicyclic amines) is 1. The van der Waals surface area contributed by atoms with Crippen LogP contribution >= 0.6 is 0 Å². The van der Waals surface area contributed by atoms with Crippen LogP contribution in [0.5, 0.6) is 0 Å². The minimum Gasteiger partial charge on any atom is -0.299 e. The molecular formula is C13H17NO. The van der Waals surface area contributed by atoms with Crippen molar-refractivity contribution in [1.82, 2.24) is 4.90 Å². The molecule has 80 valence electrons. The first-order chi connectivity index (χ1) is 7.38. The summed E-state index contributed by atoms with van der Waals surface area (Å²) < 4.78 is 0. The molecule has 1 aromatic rings. The fourth-order valence-corrected chi connectivity index (χ4v) is 2.08. The molecule has 1 aliphatic rings. The van der Waals surface area contributed by atoms with Gasteiger partial charge >= 0.3 is 0 Å². The summed E-state index contributed by atoms with van der Waals surface area (Å²) in [5.41, 5.74) is 2.07. The number of piperidine rings is 1. The van der Waals surface area contributed by atoms with E-state index in [4.69, 9.17) is 0 Å². The van der Waals surface area contributed by atoms with Crippen molar-refractivity contribution in [3.05, 3.63) is 35.4 Å². The lowest BCUT2D eigenvalue weighted by Crippen LogP contribution is -2.29. The van der Waals surface area contributed by atoms with Crippen molar-refractivity contribution in [2.24, 2.45) is 0 Å². The molecule has 0 radical (unpaired) electrons. The van der Waals surface area contributed by atoms with Crippen LogP contribution in [0.15, 0.2) is 24.3 Å². The average molecular weight is 203 g/mol. The molecule has 0 amide bonds. The predicted octanol–water partition coefficient (Wildman–Crippen LogP) is 2.49. The number of carbonyl (C=O) groups is 1. The van der Waals surface area contributed by atoms with Crippen molar-refractivity contribution in [3.63, 3.8) is 0 Å². The van der Waals surface area contributed by atoms with Crippen molar-refractivity contribution in [1.29, 1.82) is 0 Å². The highest BCUT2D eigenvalue weighted by molar-refractivity contribution is 5.74. The summed E-state index contributed by atoms with van der Waals surface area (Å²) in [4.78, 5) is 13.0. The second-order valence-electron chi connectivity index (χ2n) is 4.20. The van der Waals surface area contributed by atoms with Gasteiger partial charge in [-0.15, -0.1) is 0 Å². The van der Waals surface area contributed by atoms with Gasteiger partial charge in [0.25, 0.3) is 0 Å². The standard InChI is InChI=1S/C13H17NO/c15-11-13-6-4-12(5-7-13)10-14-8-2-1-3-9-14/h4-7,11H,1-3,8-10H2. The van der Waals surface area contributed by atoms with E-state index in [-0.39, 0.29) is 0 Å². The van der Waals surface area contributed by atoms with E-state index in [1.54, 1.807) is 0 Å². The normalized spacial score (nSPS) is 17.6. The Kier molecular flexibility index (Phi) is 3.51. The fourth-order valence-electron chi connectivity index (χ4n) is 2.08. The molecule has 1 aliphatic heterocycles. The molecule has 2 nitrogen and oxygen atoms in total. The Labute approximate surface area is 90.9 Å². The van der Waals surface area contributed by atoms with Crippen molar-refractivity contribution >= 4 is 6.29 Å². The second-order valence-corrected chi connectivity index (χ2v) is 4.20. The Bertz CT molecular complexity index is 312. The first-order valence-corrected chi connectivity index (χ1v) is 5.65. The van der Waals surface area contributed by atoms with Crippen LogP contribution in [0.3, 0.4) is 0 Å². The number of hydrogen-bond donors (Lipinski definition) is 0. The van der Waals surface area contributed by atoms with Gasteiger partial charge in [-0.2, -0.15) is 0 Å². The van der Waals surface area contributed by atoms with Crippen LogP contribution in [0.25, 0.3) is 0 Å². The van der Waals surface area contributed by atoms with Crippen LogP contribution in [0, 0.1) is 0 Å². The molecule has 0 N–H and O–H groups in total. The third-order valence-electron chi connectivity index (χ3n) is 2.97. The van der Waals surface area contributed by atoms with Crippen LogP contribution in [0.1, 0.15) is 35.2 Å². The van der Waals surface area contributed by atoms with Gasteiger partial charge in [0.05, 0.1) is 0 Å². The van der Waals surface area contributed by atoms with Gasteiger partial charge in [-0.1, -0.05) is 30.7 Å². The number of nitrogens with zero attached hydrogens (tertiary/aromatic N) is 1. The lowest BCUT2D eigenvalue weighted by molar-refractivity contribution is 0.112. The quantitative estimate of drug-likeness (QED) is 0.703. The number of hydrogen-bond acceptors (Lipinski definition) is 2. The van der Waals surface area contributed by atoms with Crippen molar-refractivity contribution in [2.75, 3.05) is 13.1 Å². The minimum atomic E-state index is 0.761. The summed E-state index contributed by atoms with van der Waals surface area (Å²) in [6, 6.07) is 7.90. The summed E-state index contributed by atoms with van der Waals surface area (Å²) in [5.74, 6) is 0. The van der Waals surface area contributed by atoms with E-state index in [2.05, 4.69) is 17.0 Å². The Balaban J connectivity index is 1.94. The Morgan fingerprint density at radius 2 is 1.73 bits per heavy atom. The smallest absolute Gasteiger partial charge is 0.150 e. The lowest BCUT2D eigenvalue weighted by atomic mass is 10.1. The van der Waals surface area contributed by atoms with Gasteiger partial charge in [0.1, 0.15) is 6.29 Å². The monoisotopic (exact) mass is 203 g/mol. The highest BCUT2D eigenvalue weighted by Gasteiger charge is 2.09. The molecule has 1 heterocycles. The Hall–Kier alpha value is -1.15. The molecule has 2 rings (SSSR count). The third kappa shape index (κ3) is 2.90. The molecule has 1 aromatic carbocycles. The largest absolute Gasteiger partial charge is 0.299 e. The topological polar surface area (TPSA) is 20.3 Å². The molecule has 0 spiro atoms. The van der Waals surface area contributed by atoms with Crippen molar-refractivity contribution in [2.45, 2.75) is 25.8 Å². The molecule has 0 aromatic heterocycles. The molecule has 1 fully saturated rings. The zero-order chi connectivity index (χ0) is 10.5. The van der Waals surface area contributed by atoms with Gasteiger partial charge in [-0.3, -0.25) is 9.69 Å². The summed E-state index contributed by atoms with van der Waals surface area (Å²) in [7, 11) is 0. The maximum absolute atomic E-state index is 10.5. The summed E-state index contributed by atoms with van der Waals surface area (Å²) >= 11 is 0. The van der Waals surface area contributed by atoms with Gasteiger partial charge in [0, 0.05) is 12.1 Å². The molecule has 1 saturated heterocycles. The van der Waals surface area contributed by atoms with Crippen LogP contribution in [0.2, 0.25) is 0 Å². The first kappa shape index (κ1) is 10.4. The Morgan fingerprint density at radius 1 is 1.07 bits per heavy atom. The van der Waals surface area contributed by atoms with Crippen LogP contribution in [-0.4, -0.2) is 24.3 Å². The summed E-state index contributed by atoms with van der Waals surface area (Å²) in [6.45, 7) is 3.46. The second kappa shape index (κ2) is 5.08. The molecule has 15 heavy (non-hydrogen) atoms. The summed E-state index contributed by atoms with van der Waals surface area (Å²) in [5, 5.41) is 0. The molecule has 0 saturated carbocycles. The maximum Gasteiger partial charge on any atom is 0.150 e. The predicted molar refractivity (Wildman–Crippen MR) is 61.0 cm³/mol. The van der Waals surface area contributed by atoms with E-state index in [1.807, 2.05) is 12.1 Å². The molecule has 0 unspecified atom stereocenters. The van der Waals surface area contributed by atoms with Gasteiger partial charge in [-0.25, -0.2) is 0 Å². The highest BCUT2D eigenvalue weighted by atomic mass is 16.1. The van der Waals surface area contributed by atoms with Crippen molar-refractivity contribution < 1.29 is 4.79 Å². The summed E-state index contributed by atoms with van der Waals surface area (Å²) in [6.07, 6.45) is 4.92. The Morgan fingerprint density at radius 3 is 2.33 bits per heavy atom. The van der Waals surface area contributed by atoms with E-state index < -0.39 is 0 Å². The molecule has 0 bridgehead atoms. The molecule has 2 heteroatoms. The van der Waals surface area contributed by atoms with E-state index >= 15 is 0 Å².